The van der Waals surface area contributed by atoms with Crippen LogP contribution < -0.4 is 5.32 Å². The zero-order valence-corrected chi connectivity index (χ0v) is 13.9. The van der Waals surface area contributed by atoms with Crippen LogP contribution in [0.2, 0.25) is 0 Å². The summed E-state index contributed by atoms with van der Waals surface area (Å²) in [5, 5.41) is 3.49. The molecule has 21 heavy (non-hydrogen) atoms. The number of nitrogens with one attached hydrogen (secondary N) is 1. The van der Waals surface area contributed by atoms with Crippen molar-refractivity contribution < 1.29 is 0 Å². The summed E-state index contributed by atoms with van der Waals surface area (Å²) in [7, 11) is 0. The van der Waals surface area contributed by atoms with Crippen LogP contribution in [0, 0.1) is 0 Å². The highest BCUT2D eigenvalue weighted by Crippen LogP contribution is 2.15. The second kappa shape index (κ2) is 6.44. The van der Waals surface area contributed by atoms with Crippen molar-refractivity contribution in [3.05, 3.63) is 53.6 Å². The van der Waals surface area contributed by atoms with Crippen molar-refractivity contribution in [1.82, 2.24) is 14.9 Å². The number of hydrogen-bond acceptors (Lipinski definition) is 2. The zero-order chi connectivity index (χ0) is 15.5. The topological polar surface area (TPSA) is 29.9 Å². The average Bonchev–Trinajstić information content (AvgIpc) is 2.83. The van der Waals surface area contributed by atoms with Crippen LogP contribution in [0.4, 0.5) is 0 Å². The van der Waals surface area contributed by atoms with Gasteiger partial charge in [0.2, 0.25) is 0 Å². The number of rotatable bonds is 5. The summed E-state index contributed by atoms with van der Waals surface area (Å²) in [5.74, 6) is 1.66. The molecule has 0 bridgehead atoms. The van der Waals surface area contributed by atoms with Gasteiger partial charge in [0.1, 0.15) is 5.82 Å². The van der Waals surface area contributed by atoms with Crippen molar-refractivity contribution >= 4 is 0 Å². The Labute approximate surface area is 128 Å². The van der Waals surface area contributed by atoms with Crippen molar-refractivity contribution in [2.45, 2.75) is 59.2 Å². The van der Waals surface area contributed by atoms with Gasteiger partial charge >= 0.3 is 0 Å². The molecule has 1 heterocycles. The van der Waals surface area contributed by atoms with Gasteiger partial charge < -0.3 is 9.88 Å². The summed E-state index contributed by atoms with van der Waals surface area (Å²) in [6.07, 6.45) is 3.93. The van der Waals surface area contributed by atoms with Crippen LogP contribution in [0.15, 0.2) is 36.7 Å². The lowest BCUT2D eigenvalue weighted by molar-refractivity contribution is 0.413. The Morgan fingerprint density at radius 2 is 1.81 bits per heavy atom. The molecule has 0 fully saturated rings. The molecule has 114 valence electrons. The van der Waals surface area contributed by atoms with E-state index >= 15 is 0 Å². The van der Waals surface area contributed by atoms with Gasteiger partial charge in [-0.2, -0.15) is 0 Å². The first-order valence-electron chi connectivity index (χ1n) is 7.69. The van der Waals surface area contributed by atoms with Gasteiger partial charge in [-0.25, -0.2) is 4.98 Å². The van der Waals surface area contributed by atoms with E-state index in [4.69, 9.17) is 0 Å². The van der Waals surface area contributed by atoms with E-state index in [0.717, 1.165) is 18.9 Å². The van der Waals surface area contributed by atoms with Gasteiger partial charge in [-0.1, -0.05) is 38.1 Å². The van der Waals surface area contributed by atoms with Crippen LogP contribution in [0.5, 0.6) is 0 Å². The van der Waals surface area contributed by atoms with Gasteiger partial charge in [-0.3, -0.25) is 0 Å². The molecule has 2 aromatic rings. The fourth-order valence-corrected chi connectivity index (χ4v) is 2.20. The lowest BCUT2D eigenvalue weighted by Crippen LogP contribution is -2.36. The van der Waals surface area contributed by atoms with Crippen LogP contribution in [0.25, 0.3) is 0 Å². The maximum Gasteiger partial charge on any atom is 0.122 e. The Kier molecular flexibility index (Phi) is 4.84. The maximum absolute atomic E-state index is 4.46. The van der Waals surface area contributed by atoms with Gasteiger partial charge in [0.05, 0.1) is 6.54 Å². The van der Waals surface area contributed by atoms with Crippen LogP contribution in [0.3, 0.4) is 0 Å². The average molecular weight is 285 g/mol. The second-order valence-electron chi connectivity index (χ2n) is 6.97. The Bertz CT molecular complexity index is 559. The molecule has 0 amide bonds. The Hall–Kier alpha value is -1.61. The summed E-state index contributed by atoms with van der Waals surface area (Å²) >= 11 is 0. The molecule has 1 N–H and O–H groups in total. The molecule has 2 rings (SSSR count). The molecule has 0 spiro atoms. The molecule has 0 aliphatic carbocycles. The van der Waals surface area contributed by atoms with Gasteiger partial charge in [-0.05, 0) is 37.8 Å². The number of nitrogens with zero attached hydrogens (tertiary/aromatic N) is 2. The fraction of sp³-hybridized carbons (Fsp3) is 0.500. The SMILES string of the molecule is CC(C)c1ccc(Cn2ccnc2CNC(C)(C)C)cc1. The third-order valence-electron chi connectivity index (χ3n) is 3.58. The Balaban J connectivity index is 2.04. The predicted octanol–water partition coefficient (Wildman–Crippen LogP) is 3.94. The molecule has 1 aromatic heterocycles. The van der Waals surface area contributed by atoms with E-state index in [2.05, 4.69) is 79.9 Å². The molecule has 1 aromatic carbocycles. The van der Waals surface area contributed by atoms with E-state index in [1.807, 2.05) is 6.20 Å². The van der Waals surface area contributed by atoms with Crippen molar-refractivity contribution in [3.63, 3.8) is 0 Å². The fourth-order valence-electron chi connectivity index (χ4n) is 2.20. The van der Waals surface area contributed by atoms with Gasteiger partial charge in [0.25, 0.3) is 0 Å². The molecule has 0 aliphatic rings. The first kappa shape index (κ1) is 15.8. The summed E-state index contributed by atoms with van der Waals surface area (Å²) in [6, 6.07) is 8.89. The molecular formula is C18H27N3. The minimum atomic E-state index is 0.107. The van der Waals surface area contributed by atoms with E-state index in [0.29, 0.717) is 5.92 Å². The van der Waals surface area contributed by atoms with Gasteiger partial charge in [0, 0.05) is 24.5 Å². The Morgan fingerprint density at radius 3 is 2.38 bits per heavy atom. The molecule has 0 saturated heterocycles. The minimum Gasteiger partial charge on any atom is -0.329 e. The largest absolute Gasteiger partial charge is 0.329 e. The van der Waals surface area contributed by atoms with Crippen LogP contribution in [0.1, 0.15) is 57.5 Å². The van der Waals surface area contributed by atoms with E-state index in [1.54, 1.807) is 0 Å². The van der Waals surface area contributed by atoms with Crippen molar-refractivity contribution in [3.8, 4) is 0 Å². The van der Waals surface area contributed by atoms with Crippen LogP contribution in [-0.4, -0.2) is 15.1 Å². The van der Waals surface area contributed by atoms with E-state index in [-0.39, 0.29) is 5.54 Å². The monoisotopic (exact) mass is 285 g/mol. The molecular weight excluding hydrogens is 258 g/mol. The lowest BCUT2D eigenvalue weighted by atomic mass is 10.0. The predicted molar refractivity (Wildman–Crippen MR) is 88.5 cm³/mol. The van der Waals surface area contributed by atoms with E-state index in [1.165, 1.54) is 11.1 Å². The molecule has 0 radical (unpaired) electrons. The maximum atomic E-state index is 4.46. The highest BCUT2D eigenvalue weighted by molar-refractivity contribution is 5.25. The molecule has 0 aliphatic heterocycles. The third kappa shape index (κ3) is 4.71. The standard InChI is InChI=1S/C18H27N3/c1-14(2)16-8-6-15(7-9-16)13-21-11-10-19-17(21)12-20-18(3,4)5/h6-11,14,20H,12-13H2,1-5H3. The van der Waals surface area contributed by atoms with Gasteiger partial charge in [-0.15, -0.1) is 0 Å². The third-order valence-corrected chi connectivity index (χ3v) is 3.58. The van der Waals surface area contributed by atoms with Crippen molar-refractivity contribution in [1.29, 1.82) is 0 Å². The van der Waals surface area contributed by atoms with E-state index < -0.39 is 0 Å². The van der Waals surface area contributed by atoms with E-state index in [9.17, 15) is 0 Å². The van der Waals surface area contributed by atoms with Crippen molar-refractivity contribution in [2.24, 2.45) is 0 Å². The first-order chi connectivity index (χ1) is 9.85. The second-order valence-corrected chi connectivity index (χ2v) is 6.97. The highest BCUT2D eigenvalue weighted by Gasteiger charge is 2.11. The van der Waals surface area contributed by atoms with Gasteiger partial charge in [0.15, 0.2) is 0 Å². The number of benzene rings is 1. The zero-order valence-electron chi connectivity index (χ0n) is 13.9. The van der Waals surface area contributed by atoms with Crippen molar-refractivity contribution in [2.75, 3.05) is 0 Å². The Morgan fingerprint density at radius 1 is 1.14 bits per heavy atom. The molecule has 0 unspecified atom stereocenters. The number of imidazole rings is 1. The summed E-state index contributed by atoms with van der Waals surface area (Å²) in [6.45, 7) is 12.6. The molecule has 0 saturated carbocycles. The molecule has 3 nitrogen and oxygen atoms in total. The van der Waals surface area contributed by atoms with Crippen LogP contribution in [-0.2, 0) is 13.1 Å². The summed E-state index contributed by atoms with van der Waals surface area (Å²) in [5.41, 5.74) is 2.81. The first-order valence-corrected chi connectivity index (χ1v) is 7.69. The lowest BCUT2D eigenvalue weighted by Gasteiger charge is -2.20. The van der Waals surface area contributed by atoms with Crippen LogP contribution >= 0.6 is 0 Å². The minimum absolute atomic E-state index is 0.107. The normalized spacial score (nSPS) is 12.1. The molecule has 3 heteroatoms. The number of hydrogen-bond donors (Lipinski definition) is 1. The number of aromatic nitrogens is 2. The highest BCUT2D eigenvalue weighted by atomic mass is 15.1. The summed E-state index contributed by atoms with van der Waals surface area (Å²) < 4.78 is 2.21. The summed E-state index contributed by atoms with van der Waals surface area (Å²) in [4.78, 5) is 4.46. The smallest absolute Gasteiger partial charge is 0.122 e. The molecule has 0 atom stereocenters. The quantitative estimate of drug-likeness (QED) is 0.901.